The van der Waals surface area contributed by atoms with Gasteiger partial charge in [-0.05, 0) is 33.6 Å². The lowest BCUT2D eigenvalue weighted by molar-refractivity contribution is 0.317. The maximum atomic E-state index is 13.2. The number of halogens is 2. The maximum Gasteiger partial charge on any atom is 0.232 e. The highest BCUT2D eigenvalue weighted by atomic mass is 79.9. The topological polar surface area (TPSA) is 64.9 Å². The van der Waals surface area contributed by atoms with Gasteiger partial charge in [0, 0.05) is 5.41 Å². The van der Waals surface area contributed by atoms with Crippen molar-refractivity contribution < 1.29 is 8.91 Å². The van der Waals surface area contributed by atoms with Crippen molar-refractivity contribution in [3.05, 3.63) is 45.8 Å². The fourth-order valence-corrected chi connectivity index (χ4v) is 1.92. The van der Waals surface area contributed by atoms with Crippen molar-refractivity contribution in [2.75, 3.05) is 0 Å². The molecule has 6 heteroatoms. The van der Waals surface area contributed by atoms with Gasteiger partial charge in [0.2, 0.25) is 5.89 Å². The van der Waals surface area contributed by atoms with Gasteiger partial charge in [0.25, 0.3) is 0 Å². The van der Waals surface area contributed by atoms with Gasteiger partial charge < -0.3 is 10.3 Å². The van der Waals surface area contributed by atoms with Crippen LogP contribution in [0.1, 0.15) is 44.1 Å². The fraction of sp³-hybridized carbons (Fsp3) is 0.385. The summed E-state index contributed by atoms with van der Waals surface area (Å²) in [6, 6.07) is 4.03. The summed E-state index contributed by atoms with van der Waals surface area (Å²) in [6.45, 7) is 5.93. The lowest BCUT2D eigenvalue weighted by Crippen LogP contribution is -2.15. The number of aromatic nitrogens is 2. The molecule has 1 aromatic heterocycles. The molecule has 1 heterocycles. The van der Waals surface area contributed by atoms with Gasteiger partial charge in [0.1, 0.15) is 5.82 Å². The molecule has 0 spiro atoms. The average molecular weight is 328 g/mol. The lowest BCUT2D eigenvalue weighted by atomic mass is 9.97. The Bertz CT molecular complexity index is 592. The first kappa shape index (κ1) is 14.1. The predicted molar refractivity (Wildman–Crippen MR) is 73.1 cm³/mol. The Labute approximate surface area is 119 Å². The first-order valence-electron chi connectivity index (χ1n) is 5.83. The van der Waals surface area contributed by atoms with E-state index >= 15 is 0 Å². The fourth-order valence-electron chi connectivity index (χ4n) is 1.52. The number of benzene rings is 1. The zero-order valence-corrected chi connectivity index (χ0v) is 12.5. The molecule has 2 rings (SSSR count). The molecule has 1 aromatic carbocycles. The van der Waals surface area contributed by atoms with Gasteiger partial charge in [-0.1, -0.05) is 32.0 Å². The average Bonchev–Trinajstić information content (AvgIpc) is 2.81. The maximum absolute atomic E-state index is 13.2. The smallest absolute Gasteiger partial charge is 0.232 e. The van der Waals surface area contributed by atoms with E-state index in [1.54, 1.807) is 12.1 Å². The Kier molecular flexibility index (Phi) is 3.73. The summed E-state index contributed by atoms with van der Waals surface area (Å²) in [6.07, 6.45) is 0. The summed E-state index contributed by atoms with van der Waals surface area (Å²) in [5, 5.41) is 3.89. The minimum atomic E-state index is -0.545. The molecule has 0 radical (unpaired) electrons. The summed E-state index contributed by atoms with van der Waals surface area (Å²) >= 11 is 3.13. The Morgan fingerprint density at radius 3 is 2.58 bits per heavy atom. The molecule has 0 bridgehead atoms. The predicted octanol–water partition coefficient (Wildman–Crippen LogP) is 3.32. The van der Waals surface area contributed by atoms with Gasteiger partial charge in [-0.25, -0.2) is 4.39 Å². The summed E-state index contributed by atoms with van der Waals surface area (Å²) in [4.78, 5) is 4.30. The molecule has 0 aliphatic rings. The molecule has 0 amide bonds. The van der Waals surface area contributed by atoms with Gasteiger partial charge in [0.05, 0.1) is 10.5 Å². The largest absolute Gasteiger partial charge is 0.339 e. The highest BCUT2D eigenvalue weighted by molar-refractivity contribution is 9.10. The Hall–Kier alpha value is -1.27. The number of hydrogen-bond donors (Lipinski definition) is 1. The molecule has 0 aliphatic heterocycles. The van der Waals surface area contributed by atoms with E-state index in [1.807, 2.05) is 20.8 Å². The van der Waals surface area contributed by atoms with Crippen LogP contribution in [-0.2, 0) is 5.41 Å². The molecular formula is C13H15BrFN3O. The summed E-state index contributed by atoms with van der Waals surface area (Å²) in [5.74, 6) is 0.585. The molecular weight excluding hydrogens is 313 g/mol. The molecule has 0 fully saturated rings. The van der Waals surface area contributed by atoms with Crippen LogP contribution in [0.5, 0.6) is 0 Å². The minimum absolute atomic E-state index is 0.228. The van der Waals surface area contributed by atoms with Crippen molar-refractivity contribution in [1.82, 2.24) is 10.1 Å². The van der Waals surface area contributed by atoms with Crippen LogP contribution in [0.3, 0.4) is 0 Å². The standard InChI is InChI=1S/C13H15BrFN3O/c1-13(2,3)12-17-11(18-19-12)10(16)7-4-5-9(15)8(14)6-7/h4-6,10H,16H2,1-3H3. The molecule has 2 aromatic rings. The molecule has 1 atom stereocenters. The number of hydrogen-bond acceptors (Lipinski definition) is 4. The molecule has 2 N–H and O–H groups in total. The second-order valence-corrected chi connectivity index (χ2v) is 6.21. The zero-order valence-electron chi connectivity index (χ0n) is 10.9. The van der Waals surface area contributed by atoms with Crippen molar-refractivity contribution in [2.24, 2.45) is 5.73 Å². The van der Waals surface area contributed by atoms with Crippen LogP contribution in [-0.4, -0.2) is 10.1 Å². The van der Waals surface area contributed by atoms with Crippen LogP contribution in [0.4, 0.5) is 4.39 Å². The van der Waals surface area contributed by atoms with Gasteiger partial charge in [-0.3, -0.25) is 0 Å². The zero-order chi connectivity index (χ0) is 14.2. The van der Waals surface area contributed by atoms with Gasteiger partial charge in [-0.2, -0.15) is 4.98 Å². The molecule has 1 unspecified atom stereocenters. The highest BCUT2D eigenvalue weighted by Gasteiger charge is 2.24. The SMILES string of the molecule is CC(C)(C)c1nc(C(N)c2ccc(F)c(Br)c2)no1. The van der Waals surface area contributed by atoms with E-state index in [2.05, 4.69) is 26.1 Å². The van der Waals surface area contributed by atoms with Crippen LogP contribution < -0.4 is 5.73 Å². The summed E-state index contributed by atoms with van der Waals surface area (Å²) in [7, 11) is 0. The quantitative estimate of drug-likeness (QED) is 0.918. The summed E-state index contributed by atoms with van der Waals surface area (Å²) < 4.78 is 18.7. The van der Waals surface area contributed by atoms with E-state index in [-0.39, 0.29) is 11.2 Å². The first-order valence-corrected chi connectivity index (χ1v) is 6.63. The molecule has 0 saturated carbocycles. The molecule has 4 nitrogen and oxygen atoms in total. The van der Waals surface area contributed by atoms with Crippen LogP contribution in [0.15, 0.2) is 27.2 Å². The van der Waals surface area contributed by atoms with Gasteiger partial charge in [0.15, 0.2) is 5.82 Å². The molecule has 102 valence electrons. The van der Waals surface area contributed by atoms with E-state index in [0.717, 1.165) is 5.56 Å². The van der Waals surface area contributed by atoms with E-state index < -0.39 is 6.04 Å². The minimum Gasteiger partial charge on any atom is -0.339 e. The van der Waals surface area contributed by atoms with E-state index in [9.17, 15) is 4.39 Å². The molecule has 0 aliphatic carbocycles. The third-order valence-electron chi connectivity index (χ3n) is 2.66. The second kappa shape index (κ2) is 5.02. The molecule has 0 saturated heterocycles. The van der Waals surface area contributed by atoms with Crippen molar-refractivity contribution in [3.8, 4) is 0 Å². The Balaban J connectivity index is 2.31. The van der Waals surface area contributed by atoms with E-state index in [1.165, 1.54) is 6.07 Å². The molecule has 19 heavy (non-hydrogen) atoms. The van der Waals surface area contributed by atoms with Crippen molar-refractivity contribution >= 4 is 15.9 Å². The Morgan fingerprint density at radius 1 is 1.37 bits per heavy atom. The van der Waals surface area contributed by atoms with Gasteiger partial charge >= 0.3 is 0 Å². The van der Waals surface area contributed by atoms with Crippen molar-refractivity contribution in [2.45, 2.75) is 32.2 Å². The monoisotopic (exact) mass is 327 g/mol. The Morgan fingerprint density at radius 2 is 2.05 bits per heavy atom. The van der Waals surface area contributed by atoms with Gasteiger partial charge in [-0.15, -0.1) is 0 Å². The van der Waals surface area contributed by atoms with Crippen molar-refractivity contribution in [3.63, 3.8) is 0 Å². The van der Waals surface area contributed by atoms with Crippen LogP contribution >= 0.6 is 15.9 Å². The van der Waals surface area contributed by atoms with E-state index in [4.69, 9.17) is 10.3 Å². The van der Waals surface area contributed by atoms with Crippen LogP contribution in [0.2, 0.25) is 0 Å². The van der Waals surface area contributed by atoms with Crippen LogP contribution in [0, 0.1) is 5.82 Å². The number of nitrogens with zero attached hydrogens (tertiary/aromatic N) is 2. The van der Waals surface area contributed by atoms with E-state index in [0.29, 0.717) is 16.2 Å². The van der Waals surface area contributed by atoms with Crippen molar-refractivity contribution in [1.29, 1.82) is 0 Å². The number of nitrogens with two attached hydrogens (primary N) is 1. The summed E-state index contributed by atoms with van der Waals surface area (Å²) in [5.41, 5.74) is 6.55. The third kappa shape index (κ3) is 3.01. The first-order chi connectivity index (χ1) is 8.79. The highest BCUT2D eigenvalue weighted by Crippen LogP contribution is 2.25. The van der Waals surface area contributed by atoms with Crippen LogP contribution in [0.25, 0.3) is 0 Å². The second-order valence-electron chi connectivity index (χ2n) is 5.36. The normalized spacial score (nSPS) is 13.6. The third-order valence-corrected chi connectivity index (χ3v) is 3.27. The number of rotatable bonds is 2. The lowest BCUT2D eigenvalue weighted by Gasteiger charge is -2.11.